The summed E-state index contributed by atoms with van der Waals surface area (Å²) in [6.45, 7) is 0. The average Bonchev–Trinajstić information content (AvgIpc) is 2.41. The number of carbonyl (C=O) groups is 1. The quantitative estimate of drug-likeness (QED) is 0.816. The predicted octanol–water partition coefficient (Wildman–Crippen LogP) is 3.87. The number of nitrogens with zero attached hydrogens (tertiary/aromatic N) is 1. The molecule has 0 bridgehead atoms. The minimum Gasteiger partial charge on any atom is -0.497 e. The number of carbonyl (C=O) groups excluding carboxylic acids is 1. The minimum atomic E-state index is -0.282. The van der Waals surface area contributed by atoms with E-state index in [-0.39, 0.29) is 5.91 Å². The second-order valence-electron chi connectivity index (χ2n) is 3.65. The topological polar surface area (TPSA) is 51.2 Å². The van der Waals surface area contributed by atoms with Gasteiger partial charge in [0.2, 0.25) is 0 Å². The summed E-state index contributed by atoms with van der Waals surface area (Å²) in [5.41, 5.74) is 0.968. The SMILES string of the molecule is COc1ccc(Br)c(NC(=O)c2cccc(Br)n2)c1. The zero-order valence-corrected chi connectivity index (χ0v) is 13.2. The zero-order valence-electron chi connectivity index (χ0n) is 9.98. The summed E-state index contributed by atoms with van der Waals surface area (Å²) in [5, 5.41) is 2.78. The van der Waals surface area contributed by atoms with Gasteiger partial charge in [-0.1, -0.05) is 6.07 Å². The Morgan fingerprint density at radius 1 is 1.26 bits per heavy atom. The lowest BCUT2D eigenvalue weighted by Crippen LogP contribution is -2.14. The van der Waals surface area contributed by atoms with Gasteiger partial charge >= 0.3 is 0 Å². The molecule has 2 aromatic rings. The molecule has 0 aliphatic rings. The number of anilines is 1. The van der Waals surface area contributed by atoms with Crippen LogP contribution in [0, 0.1) is 0 Å². The van der Waals surface area contributed by atoms with E-state index in [1.165, 1.54) is 0 Å². The number of nitrogens with one attached hydrogen (secondary N) is 1. The van der Waals surface area contributed by atoms with E-state index in [0.717, 1.165) is 4.47 Å². The van der Waals surface area contributed by atoms with E-state index < -0.39 is 0 Å². The molecule has 1 N–H and O–H groups in total. The zero-order chi connectivity index (χ0) is 13.8. The maximum Gasteiger partial charge on any atom is 0.274 e. The number of hydrogen-bond donors (Lipinski definition) is 1. The monoisotopic (exact) mass is 384 g/mol. The van der Waals surface area contributed by atoms with Crippen LogP contribution in [0.15, 0.2) is 45.5 Å². The van der Waals surface area contributed by atoms with Gasteiger partial charge in [-0.2, -0.15) is 0 Å². The van der Waals surface area contributed by atoms with Crippen molar-refractivity contribution in [3.05, 3.63) is 51.2 Å². The number of amides is 1. The molecule has 1 amide bonds. The van der Waals surface area contributed by atoms with Crippen LogP contribution in [0.5, 0.6) is 5.75 Å². The maximum atomic E-state index is 12.1. The number of rotatable bonds is 3. The fourth-order valence-electron chi connectivity index (χ4n) is 1.45. The number of ether oxygens (including phenoxy) is 1. The largest absolute Gasteiger partial charge is 0.497 e. The second-order valence-corrected chi connectivity index (χ2v) is 5.31. The third-order valence-electron chi connectivity index (χ3n) is 2.37. The van der Waals surface area contributed by atoms with Crippen molar-refractivity contribution in [2.24, 2.45) is 0 Å². The number of benzene rings is 1. The minimum absolute atomic E-state index is 0.282. The molecule has 19 heavy (non-hydrogen) atoms. The summed E-state index contributed by atoms with van der Waals surface area (Å²) < 4.78 is 6.51. The highest BCUT2D eigenvalue weighted by Crippen LogP contribution is 2.27. The van der Waals surface area contributed by atoms with E-state index >= 15 is 0 Å². The van der Waals surface area contributed by atoms with E-state index in [0.29, 0.717) is 21.7 Å². The molecule has 1 aromatic carbocycles. The fraction of sp³-hybridized carbons (Fsp3) is 0.0769. The first-order valence-corrected chi connectivity index (χ1v) is 6.96. The van der Waals surface area contributed by atoms with Crippen LogP contribution in [0.25, 0.3) is 0 Å². The maximum absolute atomic E-state index is 12.1. The van der Waals surface area contributed by atoms with Gasteiger partial charge in [-0.3, -0.25) is 4.79 Å². The predicted molar refractivity (Wildman–Crippen MR) is 80.6 cm³/mol. The first-order valence-electron chi connectivity index (χ1n) is 5.37. The van der Waals surface area contributed by atoms with E-state index in [2.05, 4.69) is 42.2 Å². The highest BCUT2D eigenvalue weighted by Gasteiger charge is 2.10. The van der Waals surface area contributed by atoms with Gasteiger partial charge in [-0.05, 0) is 56.1 Å². The van der Waals surface area contributed by atoms with Crippen molar-refractivity contribution in [2.75, 3.05) is 12.4 Å². The first kappa shape index (κ1) is 14.0. The molecule has 6 heteroatoms. The molecule has 0 aliphatic heterocycles. The molecule has 1 heterocycles. The summed E-state index contributed by atoms with van der Waals surface area (Å²) >= 11 is 6.61. The molecule has 4 nitrogen and oxygen atoms in total. The number of methoxy groups -OCH3 is 1. The average molecular weight is 386 g/mol. The Morgan fingerprint density at radius 3 is 2.74 bits per heavy atom. The Bertz CT molecular complexity index is 617. The van der Waals surface area contributed by atoms with Crippen molar-refractivity contribution < 1.29 is 9.53 Å². The lowest BCUT2D eigenvalue weighted by Gasteiger charge is -2.09. The molecular weight excluding hydrogens is 376 g/mol. The normalized spacial score (nSPS) is 10.1. The van der Waals surface area contributed by atoms with Crippen LogP contribution >= 0.6 is 31.9 Å². The van der Waals surface area contributed by atoms with Gasteiger partial charge in [0.05, 0.1) is 12.8 Å². The molecule has 0 unspecified atom stereocenters. The molecule has 0 saturated heterocycles. The molecule has 0 spiro atoms. The third-order valence-corrected chi connectivity index (χ3v) is 3.50. The Balaban J connectivity index is 2.23. The van der Waals surface area contributed by atoms with Gasteiger partial charge in [0.25, 0.3) is 5.91 Å². The summed E-state index contributed by atoms with van der Waals surface area (Å²) in [7, 11) is 1.57. The van der Waals surface area contributed by atoms with Crippen molar-refractivity contribution in [3.8, 4) is 5.75 Å². The van der Waals surface area contributed by atoms with Gasteiger partial charge in [0.1, 0.15) is 16.0 Å². The molecule has 2 rings (SSSR count). The van der Waals surface area contributed by atoms with Gasteiger partial charge in [-0.15, -0.1) is 0 Å². The van der Waals surface area contributed by atoms with Crippen LogP contribution in [0.3, 0.4) is 0 Å². The first-order chi connectivity index (χ1) is 9.10. The smallest absolute Gasteiger partial charge is 0.274 e. The second kappa shape index (κ2) is 6.16. The summed E-state index contributed by atoms with van der Waals surface area (Å²) in [6.07, 6.45) is 0. The van der Waals surface area contributed by atoms with Gasteiger partial charge in [-0.25, -0.2) is 4.98 Å². The van der Waals surface area contributed by atoms with E-state index in [4.69, 9.17) is 4.74 Å². The van der Waals surface area contributed by atoms with Gasteiger partial charge < -0.3 is 10.1 Å². The molecule has 0 saturated carbocycles. The van der Waals surface area contributed by atoms with Gasteiger partial charge in [0, 0.05) is 10.5 Å². The van der Waals surface area contributed by atoms with Crippen molar-refractivity contribution in [2.45, 2.75) is 0 Å². The summed E-state index contributed by atoms with van der Waals surface area (Å²) in [6, 6.07) is 10.5. The highest BCUT2D eigenvalue weighted by atomic mass is 79.9. The van der Waals surface area contributed by atoms with E-state index in [9.17, 15) is 4.79 Å². The Labute approximate surface area is 127 Å². The standard InChI is InChI=1S/C13H10Br2N2O2/c1-19-8-5-6-9(14)11(7-8)17-13(18)10-3-2-4-12(15)16-10/h2-7H,1H3,(H,17,18). The van der Waals surface area contributed by atoms with Crippen LogP contribution in [0.1, 0.15) is 10.5 Å². The van der Waals surface area contributed by atoms with Crippen LogP contribution in [0.2, 0.25) is 0 Å². The van der Waals surface area contributed by atoms with Crippen LogP contribution < -0.4 is 10.1 Å². The molecule has 0 radical (unpaired) electrons. The highest BCUT2D eigenvalue weighted by molar-refractivity contribution is 9.10. The van der Waals surface area contributed by atoms with Crippen LogP contribution in [0.4, 0.5) is 5.69 Å². The molecule has 0 atom stereocenters. The fourth-order valence-corrected chi connectivity index (χ4v) is 2.14. The van der Waals surface area contributed by atoms with Crippen LogP contribution in [-0.4, -0.2) is 18.0 Å². The van der Waals surface area contributed by atoms with E-state index in [1.54, 1.807) is 37.4 Å². The Kier molecular flexibility index (Phi) is 4.55. The molecule has 0 aliphatic carbocycles. The lowest BCUT2D eigenvalue weighted by molar-refractivity contribution is 0.102. The Morgan fingerprint density at radius 2 is 2.05 bits per heavy atom. The molecular formula is C13H10Br2N2O2. The molecule has 0 fully saturated rings. The van der Waals surface area contributed by atoms with Crippen LogP contribution in [-0.2, 0) is 0 Å². The van der Waals surface area contributed by atoms with Crippen molar-refractivity contribution in [3.63, 3.8) is 0 Å². The molecule has 98 valence electrons. The summed E-state index contributed by atoms with van der Waals surface area (Å²) in [4.78, 5) is 16.2. The van der Waals surface area contributed by atoms with Crippen molar-refractivity contribution in [1.29, 1.82) is 0 Å². The third kappa shape index (κ3) is 3.54. The number of aromatic nitrogens is 1. The summed E-state index contributed by atoms with van der Waals surface area (Å²) in [5.74, 6) is 0.385. The van der Waals surface area contributed by atoms with Crippen molar-refractivity contribution >= 4 is 43.5 Å². The number of halogens is 2. The molecule has 1 aromatic heterocycles. The van der Waals surface area contributed by atoms with Crippen molar-refractivity contribution in [1.82, 2.24) is 4.98 Å². The number of pyridine rings is 1. The van der Waals surface area contributed by atoms with E-state index in [1.807, 2.05) is 6.07 Å². The Hall–Kier alpha value is -1.40. The van der Waals surface area contributed by atoms with Gasteiger partial charge in [0.15, 0.2) is 0 Å². The lowest BCUT2D eigenvalue weighted by atomic mass is 10.2. The number of hydrogen-bond acceptors (Lipinski definition) is 3.